The number of carbonyl (C=O) groups excluding carboxylic acids is 3. The topological polar surface area (TPSA) is 119 Å². The zero-order valence-corrected chi connectivity index (χ0v) is 19.0. The highest BCUT2D eigenvalue weighted by molar-refractivity contribution is 7.98. The van der Waals surface area contributed by atoms with Gasteiger partial charge in [0.1, 0.15) is 5.65 Å². The van der Waals surface area contributed by atoms with E-state index < -0.39 is 5.91 Å². The molecule has 4 N–H and O–H groups in total. The Kier molecular flexibility index (Phi) is 7.24. The quantitative estimate of drug-likeness (QED) is 0.323. The molecule has 8 nitrogen and oxygen atoms in total. The largest absolute Gasteiger partial charge is 0.368 e. The lowest BCUT2D eigenvalue weighted by molar-refractivity contribution is -0.117. The van der Waals surface area contributed by atoms with Crippen LogP contribution in [0.25, 0.3) is 5.65 Å². The standard InChI is InChI=1S/C25H23N5O3S/c26-22(31)14-28-24(32)18-10-8-17(9-11-18)13-27-25(33)20-5-1-2-6-21(20)34-16-19-15-30-12-4-3-7-23(30)29-19/h1-12,15H,13-14,16H2,(H2,26,31)(H,27,33)(H,28,32). The Labute approximate surface area is 200 Å². The van der Waals surface area contributed by atoms with Gasteiger partial charge in [0.25, 0.3) is 11.8 Å². The summed E-state index contributed by atoms with van der Waals surface area (Å²) in [5, 5.41) is 5.37. The van der Waals surface area contributed by atoms with Crippen LogP contribution in [0.1, 0.15) is 32.0 Å². The van der Waals surface area contributed by atoms with Crippen LogP contribution in [0.3, 0.4) is 0 Å². The first-order chi connectivity index (χ1) is 16.5. The van der Waals surface area contributed by atoms with Gasteiger partial charge in [0.15, 0.2) is 0 Å². The van der Waals surface area contributed by atoms with Crippen molar-refractivity contribution in [1.82, 2.24) is 20.0 Å². The highest BCUT2D eigenvalue weighted by atomic mass is 32.2. The first kappa shape index (κ1) is 23.1. The van der Waals surface area contributed by atoms with Crippen molar-refractivity contribution in [3.8, 4) is 0 Å². The number of rotatable bonds is 9. The molecule has 0 fully saturated rings. The van der Waals surface area contributed by atoms with Crippen molar-refractivity contribution in [2.45, 2.75) is 17.2 Å². The number of thioether (sulfide) groups is 1. The number of nitrogens with zero attached hydrogens (tertiary/aromatic N) is 2. The highest BCUT2D eigenvalue weighted by Crippen LogP contribution is 2.26. The Morgan fingerprint density at radius 2 is 1.68 bits per heavy atom. The van der Waals surface area contributed by atoms with Crippen molar-refractivity contribution in [3.05, 3.63) is 102 Å². The number of fused-ring (bicyclic) bond motifs is 1. The second kappa shape index (κ2) is 10.7. The minimum atomic E-state index is -0.607. The van der Waals surface area contributed by atoms with Crippen molar-refractivity contribution in [3.63, 3.8) is 0 Å². The van der Waals surface area contributed by atoms with Crippen LogP contribution in [-0.4, -0.2) is 33.7 Å². The molecule has 0 radical (unpaired) electrons. The number of carbonyl (C=O) groups is 3. The van der Waals surface area contributed by atoms with Gasteiger partial charge < -0.3 is 20.8 Å². The molecule has 2 aromatic heterocycles. The van der Waals surface area contributed by atoms with E-state index in [9.17, 15) is 14.4 Å². The van der Waals surface area contributed by atoms with E-state index in [1.165, 1.54) is 0 Å². The lowest BCUT2D eigenvalue weighted by Gasteiger charge is -2.10. The summed E-state index contributed by atoms with van der Waals surface area (Å²) in [6.45, 7) is 0.0959. The van der Waals surface area contributed by atoms with E-state index in [1.54, 1.807) is 42.1 Å². The molecule has 4 aromatic rings. The van der Waals surface area contributed by atoms with E-state index in [0.29, 0.717) is 23.4 Å². The maximum Gasteiger partial charge on any atom is 0.252 e. The predicted octanol–water partition coefficient (Wildman–Crippen LogP) is 2.77. The van der Waals surface area contributed by atoms with Gasteiger partial charge in [0.2, 0.25) is 5.91 Å². The maximum absolute atomic E-state index is 12.9. The summed E-state index contributed by atoms with van der Waals surface area (Å²) in [6, 6.07) is 20.1. The molecular weight excluding hydrogens is 450 g/mol. The molecule has 0 saturated carbocycles. The number of nitrogens with one attached hydrogen (secondary N) is 2. The maximum atomic E-state index is 12.9. The van der Waals surface area contributed by atoms with Gasteiger partial charge in [-0.25, -0.2) is 4.98 Å². The van der Waals surface area contributed by atoms with E-state index >= 15 is 0 Å². The number of amides is 3. The number of hydrogen-bond donors (Lipinski definition) is 3. The van der Waals surface area contributed by atoms with Crippen LogP contribution < -0.4 is 16.4 Å². The first-order valence-electron chi connectivity index (χ1n) is 10.6. The fraction of sp³-hybridized carbons (Fsp3) is 0.120. The van der Waals surface area contributed by atoms with Crippen LogP contribution >= 0.6 is 11.8 Å². The Morgan fingerprint density at radius 3 is 2.44 bits per heavy atom. The lowest BCUT2D eigenvalue weighted by atomic mass is 10.1. The molecule has 3 amide bonds. The normalized spacial score (nSPS) is 10.7. The third kappa shape index (κ3) is 5.81. The SMILES string of the molecule is NC(=O)CNC(=O)c1ccc(CNC(=O)c2ccccc2SCc2cn3ccccc3n2)cc1. The Bertz CT molecular complexity index is 1300. The van der Waals surface area contributed by atoms with Crippen LogP contribution in [0.5, 0.6) is 0 Å². The first-order valence-corrected chi connectivity index (χ1v) is 11.6. The number of aromatic nitrogens is 2. The number of hydrogen-bond acceptors (Lipinski definition) is 5. The van der Waals surface area contributed by atoms with Crippen molar-refractivity contribution < 1.29 is 14.4 Å². The Balaban J connectivity index is 1.35. The molecule has 0 atom stereocenters. The van der Waals surface area contributed by atoms with Crippen LogP contribution in [0.15, 0.2) is 84.0 Å². The van der Waals surface area contributed by atoms with Gasteiger partial charge >= 0.3 is 0 Å². The van der Waals surface area contributed by atoms with Crippen LogP contribution in [-0.2, 0) is 17.1 Å². The number of imidazole rings is 1. The third-order valence-corrected chi connectivity index (χ3v) is 6.12. The molecule has 0 bridgehead atoms. The minimum absolute atomic E-state index is 0.179. The molecular formula is C25H23N5O3S. The summed E-state index contributed by atoms with van der Waals surface area (Å²) in [5.41, 5.74) is 8.71. The van der Waals surface area contributed by atoms with E-state index in [-0.39, 0.29) is 18.4 Å². The Morgan fingerprint density at radius 1 is 0.912 bits per heavy atom. The molecule has 0 unspecified atom stereocenters. The van der Waals surface area contributed by atoms with Crippen molar-refractivity contribution in [2.75, 3.05) is 6.54 Å². The highest BCUT2D eigenvalue weighted by Gasteiger charge is 2.13. The zero-order chi connectivity index (χ0) is 23.9. The molecule has 9 heteroatoms. The van der Waals surface area contributed by atoms with Crippen LogP contribution in [0.4, 0.5) is 0 Å². The average Bonchev–Trinajstić information content (AvgIpc) is 3.28. The van der Waals surface area contributed by atoms with E-state index in [0.717, 1.165) is 21.8 Å². The van der Waals surface area contributed by atoms with Gasteiger partial charge in [-0.15, -0.1) is 11.8 Å². The second-order valence-electron chi connectivity index (χ2n) is 7.51. The van der Waals surface area contributed by atoms with Gasteiger partial charge in [-0.05, 0) is 42.0 Å². The van der Waals surface area contributed by atoms with Gasteiger partial charge in [-0.1, -0.05) is 30.3 Å². The van der Waals surface area contributed by atoms with E-state index in [2.05, 4.69) is 15.6 Å². The third-order valence-electron chi connectivity index (χ3n) is 5.01. The lowest BCUT2D eigenvalue weighted by Crippen LogP contribution is -2.33. The number of pyridine rings is 1. The van der Waals surface area contributed by atoms with Gasteiger partial charge in [-0.2, -0.15) is 0 Å². The fourth-order valence-electron chi connectivity index (χ4n) is 3.31. The number of benzene rings is 2. The molecule has 0 aliphatic rings. The van der Waals surface area contributed by atoms with Crippen LogP contribution in [0, 0.1) is 0 Å². The molecule has 34 heavy (non-hydrogen) atoms. The molecule has 2 aromatic carbocycles. The average molecular weight is 474 g/mol. The van der Waals surface area contributed by atoms with E-state index in [1.807, 2.05) is 53.2 Å². The van der Waals surface area contributed by atoms with Gasteiger partial charge in [0, 0.05) is 35.2 Å². The summed E-state index contributed by atoms with van der Waals surface area (Å²) >= 11 is 1.56. The summed E-state index contributed by atoms with van der Waals surface area (Å²) < 4.78 is 1.97. The van der Waals surface area contributed by atoms with Gasteiger partial charge in [-0.3, -0.25) is 14.4 Å². The zero-order valence-electron chi connectivity index (χ0n) is 18.2. The predicted molar refractivity (Wildman–Crippen MR) is 130 cm³/mol. The second-order valence-corrected chi connectivity index (χ2v) is 8.53. The molecule has 172 valence electrons. The summed E-state index contributed by atoms with van der Waals surface area (Å²) in [4.78, 5) is 41.1. The van der Waals surface area contributed by atoms with Crippen molar-refractivity contribution in [1.29, 1.82) is 0 Å². The smallest absolute Gasteiger partial charge is 0.252 e. The molecule has 0 aliphatic carbocycles. The molecule has 0 aliphatic heterocycles. The van der Waals surface area contributed by atoms with Crippen molar-refractivity contribution in [2.24, 2.45) is 5.73 Å². The summed E-state index contributed by atoms with van der Waals surface area (Å²) in [6.07, 6.45) is 3.95. The molecule has 0 spiro atoms. The molecule has 4 rings (SSSR count). The van der Waals surface area contributed by atoms with Crippen molar-refractivity contribution >= 4 is 35.1 Å². The molecule has 2 heterocycles. The number of primary amides is 1. The minimum Gasteiger partial charge on any atom is -0.368 e. The fourth-order valence-corrected chi connectivity index (χ4v) is 4.24. The van der Waals surface area contributed by atoms with E-state index in [4.69, 9.17) is 5.73 Å². The van der Waals surface area contributed by atoms with Crippen LogP contribution in [0.2, 0.25) is 0 Å². The van der Waals surface area contributed by atoms with Gasteiger partial charge in [0.05, 0.1) is 17.8 Å². The number of nitrogens with two attached hydrogens (primary N) is 1. The monoisotopic (exact) mass is 473 g/mol. The molecule has 0 saturated heterocycles. The Hall–Kier alpha value is -4.11. The summed E-state index contributed by atoms with van der Waals surface area (Å²) in [7, 11) is 0. The summed E-state index contributed by atoms with van der Waals surface area (Å²) in [5.74, 6) is -0.526.